The number of thiophene rings is 1. The molecular weight excluding hydrogens is 312 g/mol. The number of carbonyl (C=O) groups is 1. The summed E-state index contributed by atoms with van der Waals surface area (Å²) in [5.41, 5.74) is 0.662. The van der Waals surface area contributed by atoms with Crippen molar-refractivity contribution in [2.75, 3.05) is 19.8 Å². The summed E-state index contributed by atoms with van der Waals surface area (Å²) in [7, 11) is 0. The Morgan fingerprint density at radius 2 is 1.91 bits per heavy atom. The van der Waals surface area contributed by atoms with Crippen molar-refractivity contribution in [2.24, 2.45) is 0 Å². The molecule has 0 bridgehead atoms. The minimum atomic E-state index is -0.323. The maximum Gasteiger partial charge on any atom is 0.202 e. The van der Waals surface area contributed by atoms with Crippen LogP contribution in [0.25, 0.3) is 0 Å². The van der Waals surface area contributed by atoms with Crippen molar-refractivity contribution >= 4 is 17.1 Å². The molecule has 0 radical (unpaired) electrons. The Bertz CT molecular complexity index is 641. The van der Waals surface area contributed by atoms with Crippen LogP contribution in [0, 0.1) is 0 Å². The lowest BCUT2D eigenvalue weighted by Gasteiger charge is -2.06. The number of ketones is 1. The van der Waals surface area contributed by atoms with Crippen LogP contribution < -0.4 is 4.74 Å². The molecule has 4 nitrogen and oxygen atoms in total. The van der Waals surface area contributed by atoms with Crippen molar-refractivity contribution in [3.8, 4) is 5.75 Å². The van der Waals surface area contributed by atoms with E-state index in [0.29, 0.717) is 30.3 Å². The van der Waals surface area contributed by atoms with Gasteiger partial charge in [0.05, 0.1) is 29.6 Å². The first-order valence-electron chi connectivity index (χ1n) is 7.88. The highest BCUT2D eigenvalue weighted by molar-refractivity contribution is 7.14. The smallest absolute Gasteiger partial charge is 0.202 e. The molecule has 1 aromatic heterocycles. The van der Waals surface area contributed by atoms with Crippen molar-refractivity contribution in [1.82, 2.24) is 0 Å². The summed E-state index contributed by atoms with van der Waals surface area (Å²) in [5.74, 6) is 0.814. The fourth-order valence-electron chi connectivity index (χ4n) is 2.30. The van der Waals surface area contributed by atoms with Crippen LogP contribution in [-0.4, -0.2) is 25.6 Å². The van der Waals surface area contributed by atoms with Crippen molar-refractivity contribution in [2.45, 2.75) is 26.1 Å². The first kappa shape index (κ1) is 16.2. The molecule has 0 saturated carbocycles. The highest BCUT2D eigenvalue weighted by Gasteiger charge is 2.22. The standard InChI is InChI=1S/C18H20O4S/c1-2-3-10-20-14-6-4-13(5-7-14)17(19)15-8-9-16(23-15)18-21-11-12-22-18/h4-9,18H,2-3,10-12H2,1H3. The second-order valence-electron chi connectivity index (χ2n) is 5.33. The Morgan fingerprint density at radius 3 is 2.61 bits per heavy atom. The van der Waals surface area contributed by atoms with Gasteiger partial charge < -0.3 is 14.2 Å². The first-order valence-corrected chi connectivity index (χ1v) is 8.70. The van der Waals surface area contributed by atoms with Crippen LogP contribution in [0.3, 0.4) is 0 Å². The van der Waals surface area contributed by atoms with Crippen molar-refractivity contribution in [1.29, 1.82) is 0 Å². The average molecular weight is 332 g/mol. The van der Waals surface area contributed by atoms with Gasteiger partial charge in [0.25, 0.3) is 0 Å². The number of hydrogen-bond donors (Lipinski definition) is 0. The van der Waals surface area contributed by atoms with E-state index in [9.17, 15) is 4.79 Å². The number of rotatable bonds is 7. The maximum absolute atomic E-state index is 12.5. The lowest BCUT2D eigenvalue weighted by atomic mass is 10.1. The minimum absolute atomic E-state index is 0.0133. The fourth-order valence-corrected chi connectivity index (χ4v) is 3.27. The van der Waals surface area contributed by atoms with E-state index < -0.39 is 0 Å². The monoisotopic (exact) mass is 332 g/mol. The molecule has 1 saturated heterocycles. The molecule has 1 fully saturated rings. The number of unbranched alkanes of at least 4 members (excludes halogenated alkanes) is 1. The van der Waals surface area contributed by atoms with Gasteiger partial charge in [-0.05, 0) is 42.8 Å². The maximum atomic E-state index is 12.5. The van der Waals surface area contributed by atoms with Crippen LogP contribution in [0.5, 0.6) is 5.75 Å². The summed E-state index contributed by atoms with van der Waals surface area (Å²) in [6.45, 7) is 4.04. The number of carbonyl (C=O) groups excluding carboxylic acids is 1. The molecule has 2 aromatic rings. The first-order chi connectivity index (χ1) is 11.3. The van der Waals surface area contributed by atoms with Crippen LogP contribution in [0.2, 0.25) is 0 Å². The molecule has 0 N–H and O–H groups in total. The molecule has 3 rings (SSSR count). The average Bonchev–Trinajstić information content (AvgIpc) is 3.26. The van der Waals surface area contributed by atoms with Gasteiger partial charge >= 0.3 is 0 Å². The summed E-state index contributed by atoms with van der Waals surface area (Å²) in [4.78, 5) is 14.2. The summed E-state index contributed by atoms with van der Waals surface area (Å²) in [5, 5.41) is 0. The quantitative estimate of drug-likeness (QED) is 0.563. The highest BCUT2D eigenvalue weighted by atomic mass is 32.1. The summed E-state index contributed by atoms with van der Waals surface area (Å²) >= 11 is 1.42. The second-order valence-corrected chi connectivity index (χ2v) is 6.45. The van der Waals surface area contributed by atoms with Crippen LogP contribution >= 0.6 is 11.3 Å². The van der Waals surface area contributed by atoms with Crippen LogP contribution in [0.1, 0.15) is 46.2 Å². The Hall–Kier alpha value is -1.69. The molecule has 0 unspecified atom stereocenters. The zero-order valence-electron chi connectivity index (χ0n) is 13.1. The third-order valence-corrected chi connectivity index (χ3v) is 4.69. The van der Waals surface area contributed by atoms with Gasteiger partial charge in [-0.1, -0.05) is 13.3 Å². The van der Waals surface area contributed by atoms with E-state index in [4.69, 9.17) is 14.2 Å². The normalized spacial score (nSPS) is 15.0. The minimum Gasteiger partial charge on any atom is -0.494 e. The molecule has 122 valence electrons. The number of ether oxygens (including phenoxy) is 3. The van der Waals surface area contributed by atoms with E-state index in [2.05, 4.69) is 6.92 Å². The fraction of sp³-hybridized carbons (Fsp3) is 0.389. The molecule has 0 amide bonds. The lowest BCUT2D eigenvalue weighted by Crippen LogP contribution is -2.00. The summed E-state index contributed by atoms with van der Waals surface area (Å²) < 4.78 is 16.5. The topological polar surface area (TPSA) is 44.8 Å². The van der Waals surface area contributed by atoms with Gasteiger partial charge in [0.2, 0.25) is 5.78 Å². The van der Waals surface area contributed by atoms with Gasteiger partial charge in [-0.25, -0.2) is 0 Å². The molecular formula is C18H20O4S. The molecule has 0 aliphatic carbocycles. The van der Waals surface area contributed by atoms with Crippen molar-refractivity contribution < 1.29 is 19.0 Å². The van der Waals surface area contributed by atoms with Gasteiger partial charge in [-0.3, -0.25) is 4.79 Å². The van der Waals surface area contributed by atoms with E-state index >= 15 is 0 Å². The predicted molar refractivity (Wildman–Crippen MR) is 89.2 cm³/mol. The van der Waals surface area contributed by atoms with Gasteiger partial charge in [-0.15, -0.1) is 11.3 Å². The van der Waals surface area contributed by atoms with Crippen LogP contribution in [0.4, 0.5) is 0 Å². The van der Waals surface area contributed by atoms with Crippen molar-refractivity contribution in [3.63, 3.8) is 0 Å². The SMILES string of the molecule is CCCCOc1ccc(C(=O)c2ccc(C3OCCO3)s2)cc1. The Balaban J connectivity index is 1.65. The highest BCUT2D eigenvalue weighted by Crippen LogP contribution is 2.30. The van der Waals surface area contributed by atoms with Gasteiger partial charge in [0, 0.05) is 5.56 Å². The van der Waals surface area contributed by atoms with Gasteiger partial charge in [-0.2, -0.15) is 0 Å². The second kappa shape index (κ2) is 7.73. The van der Waals surface area contributed by atoms with Crippen LogP contribution in [-0.2, 0) is 9.47 Å². The molecule has 0 spiro atoms. The van der Waals surface area contributed by atoms with E-state index in [-0.39, 0.29) is 12.1 Å². The predicted octanol–water partition coefficient (Wildman–Crippen LogP) is 4.20. The largest absolute Gasteiger partial charge is 0.494 e. The molecule has 23 heavy (non-hydrogen) atoms. The third kappa shape index (κ3) is 3.99. The van der Waals surface area contributed by atoms with E-state index in [1.165, 1.54) is 11.3 Å². The lowest BCUT2D eigenvalue weighted by molar-refractivity contribution is -0.0413. The van der Waals surface area contributed by atoms with E-state index in [0.717, 1.165) is 23.5 Å². The zero-order chi connectivity index (χ0) is 16.1. The van der Waals surface area contributed by atoms with E-state index in [1.54, 1.807) is 0 Å². The summed E-state index contributed by atoms with van der Waals surface area (Å²) in [6, 6.07) is 11.0. The third-order valence-electron chi connectivity index (χ3n) is 3.59. The molecule has 2 heterocycles. The van der Waals surface area contributed by atoms with Gasteiger partial charge in [0.1, 0.15) is 5.75 Å². The Kier molecular flexibility index (Phi) is 5.43. The van der Waals surface area contributed by atoms with Crippen LogP contribution in [0.15, 0.2) is 36.4 Å². The number of hydrogen-bond acceptors (Lipinski definition) is 5. The summed E-state index contributed by atoms with van der Waals surface area (Å²) in [6.07, 6.45) is 1.81. The molecule has 5 heteroatoms. The Labute approximate surface area is 140 Å². The Morgan fingerprint density at radius 1 is 1.17 bits per heavy atom. The van der Waals surface area contributed by atoms with Crippen molar-refractivity contribution in [3.05, 3.63) is 51.7 Å². The van der Waals surface area contributed by atoms with E-state index in [1.807, 2.05) is 36.4 Å². The molecule has 1 aromatic carbocycles. The molecule has 1 aliphatic rings. The molecule has 0 atom stereocenters. The number of benzene rings is 1. The molecule has 1 aliphatic heterocycles. The zero-order valence-corrected chi connectivity index (χ0v) is 13.9. The van der Waals surface area contributed by atoms with Gasteiger partial charge in [0.15, 0.2) is 6.29 Å².